The number of nitrogens with zero attached hydrogens (tertiary/aromatic N) is 2. The summed E-state index contributed by atoms with van der Waals surface area (Å²) in [5, 5.41) is 0. The SMILES string of the molecule is CC(=O)c1ccnc(C(=O)I)n1. The van der Waals surface area contributed by atoms with Crippen molar-refractivity contribution in [2.45, 2.75) is 6.92 Å². The van der Waals surface area contributed by atoms with E-state index in [0.717, 1.165) is 0 Å². The van der Waals surface area contributed by atoms with Gasteiger partial charge in [-0.1, -0.05) is 0 Å². The minimum Gasteiger partial charge on any atom is -0.293 e. The fourth-order valence-corrected chi connectivity index (χ4v) is 0.909. The van der Waals surface area contributed by atoms with E-state index in [4.69, 9.17) is 0 Å². The second-order valence-electron chi connectivity index (χ2n) is 2.10. The first-order valence-corrected chi connectivity index (χ1v) is 4.23. The third kappa shape index (κ3) is 2.07. The van der Waals surface area contributed by atoms with Crippen molar-refractivity contribution >= 4 is 32.2 Å². The van der Waals surface area contributed by atoms with Gasteiger partial charge in [0.25, 0.3) is 3.79 Å². The average Bonchev–Trinajstić information content (AvgIpc) is 2.04. The third-order valence-electron chi connectivity index (χ3n) is 1.19. The maximum atomic E-state index is 10.8. The molecule has 0 aliphatic heterocycles. The monoisotopic (exact) mass is 276 g/mol. The van der Waals surface area contributed by atoms with Gasteiger partial charge in [0.15, 0.2) is 5.78 Å². The smallest absolute Gasteiger partial charge is 0.259 e. The molecule has 0 atom stereocenters. The number of Topliss-reactive ketones (excluding diaryl/α,β-unsaturated/α-hetero) is 1. The predicted molar refractivity (Wildman–Crippen MR) is 50.4 cm³/mol. The van der Waals surface area contributed by atoms with Gasteiger partial charge in [0.2, 0.25) is 5.82 Å². The van der Waals surface area contributed by atoms with Gasteiger partial charge in [0.1, 0.15) is 5.69 Å². The number of rotatable bonds is 2. The molecule has 0 amide bonds. The highest BCUT2D eigenvalue weighted by Crippen LogP contribution is 2.01. The molecule has 0 bridgehead atoms. The first kappa shape index (κ1) is 9.24. The number of carbonyl (C=O) groups is 2. The number of aromatic nitrogens is 2. The van der Waals surface area contributed by atoms with Gasteiger partial charge < -0.3 is 0 Å². The zero-order chi connectivity index (χ0) is 9.14. The predicted octanol–water partition coefficient (Wildman–Crippen LogP) is 1.25. The van der Waals surface area contributed by atoms with Crippen LogP contribution in [0.25, 0.3) is 0 Å². The van der Waals surface area contributed by atoms with E-state index in [1.54, 1.807) is 22.6 Å². The van der Waals surface area contributed by atoms with E-state index in [0.29, 0.717) is 0 Å². The van der Waals surface area contributed by atoms with Crippen LogP contribution in [-0.2, 0) is 0 Å². The van der Waals surface area contributed by atoms with Crippen molar-refractivity contribution in [1.82, 2.24) is 9.97 Å². The summed E-state index contributed by atoms with van der Waals surface area (Å²) in [4.78, 5) is 29.0. The average molecular weight is 276 g/mol. The Morgan fingerprint density at radius 3 is 2.67 bits per heavy atom. The molecule has 1 rings (SSSR count). The van der Waals surface area contributed by atoms with E-state index < -0.39 is 0 Å². The molecule has 0 saturated heterocycles. The molecule has 0 aliphatic rings. The van der Waals surface area contributed by atoms with E-state index in [2.05, 4.69) is 9.97 Å². The van der Waals surface area contributed by atoms with E-state index in [9.17, 15) is 9.59 Å². The highest BCUT2D eigenvalue weighted by atomic mass is 127. The topological polar surface area (TPSA) is 59.9 Å². The molecule has 1 aromatic heterocycles. The lowest BCUT2D eigenvalue weighted by Crippen LogP contribution is -2.04. The first-order valence-electron chi connectivity index (χ1n) is 3.15. The maximum absolute atomic E-state index is 10.8. The largest absolute Gasteiger partial charge is 0.293 e. The van der Waals surface area contributed by atoms with E-state index >= 15 is 0 Å². The standard InChI is InChI=1S/C7H5IN2O2/c1-4(11)5-2-3-9-7(10-5)6(8)12/h2-3H,1H3. The van der Waals surface area contributed by atoms with Gasteiger partial charge in [-0.05, 0) is 6.07 Å². The number of hydrogen-bond donors (Lipinski definition) is 0. The summed E-state index contributed by atoms with van der Waals surface area (Å²) in [5.74, 6) is -0.0976. The van der Waals surface area contributed by atoms with Crippen LogP contribution in [-0.4, -0.2) is 19.5 Å². The molecule has 0 spiro atoms. The lowest BCUT2D eigenvalue weighted by atomic mass is 10.3. The molecule has 4 nitrogen and oxygen atoms in total. The van der Waals surface area contributed by atoms with Gasteiger partial charge in [0, 0.05) is 35.7 Å². The Kier molecular flexibility index (Phi) is 2.85. The van der Waals surface area contributed by atoms with Gasteiger partial charge in [-0.3, -0.25) is 9.59 Å². The second kappa shape index (κ2) is 3.70. The van der Waals surface area contributed by atoms with E-state index in [1.807, 2.05) is 0 Å². The first-order chi connectivity index (χ1) is 5.61. The molecule has 0 saturated carbocycles. The zero-order valence-corrected chi connectivity index (χ0v) is 8.40. The molecule has 1 aromatic rings. The third-order valence-corrected chi connectivity index (χ3v) is 1.67. The van der Waals surface area contributed by atoms with Crippen molar-refractivity contribution in [3.05, 3.63) is 23.8 Å². The van der Waals surface area contributed by atoms with Crippen molar-refractivity contribution in [3.8, 4) is 0 Å². The minimum atomic E-state index is -0.268. The summed E-state index contributed by atoms with van der Waals surface area (Å²) in [7, 11) is 0. The van der Waals surface area contributed by atoms with Gasteiger partial charge in [-0.25, -0.2) is 9.97 Å². The van der Waals surface area contributed by atoms with Crippen LogP contribution in [0.1, 0.15) is 28.0 Å². The Hall–Kier alpha value is -0.850. The lowest BCUT2D eigenvalue weighted by molar-refractivity contribution is 0.101. The number of halogens is 1. The van der Waals surface area contributed by atoms with Crippen LogP contribution in [0.2, 0.25) is 0 Å². The Morgan fingerprint density at radius 2 is 2.17 bits per heavy atom. The molecule has 0 aliphatic carbocycles. The second-order valence-corrected chi connectivity index (χ2v) is 3.08. The van der Waals surface area contributed by atoms with Crippen LogP contribution in [0.15, 0.2) is 12.3 Å². The van der Waals surface area contributed by atoms with Gasteiger partial charge in [-0.15, -0.1) is 0 Å². The molecule has 1 heterocycles. The Morgan fingerprint density at radius 1 is 1.50 bits per heavy atom. The molecule has 62 valence electrons. The summed E-state index contributed by atoms with van der Waals surface area (Å²) < 4.78 is -0.268. The molecule has 0 unspecified atom stereocenters. The van der Waals surface area contributed by atoms with Crippen LogP contribution >= 0.6 is 22.6 Å². The molecule has 0 aromatic carbocycles. The van der Waals surface area contributed by atoms with Crippen LogP contribution in [0.3, 0.4) is 0 Å². The summed E-state index contributed by atoms with van der Waals surface area (Å²) in [6.45, 7) is 1.39. The summed E-state index contributed by atoms with van der Waals surface area (Å²) in [5.41, 5.74) is 0.269. The fraction of sp³-hybridized carbons (Fsp3) is 0.143. The van der Waals surface area contributed by atoms with Crippen molar-refractivity contribution in [2.75, 3.05) is 0 Å². The molecule has 0 fully saturated rings. The number of carbonyl (C=O) groups excluding carboxylic acids is 2. The van der Waals surface area contributed by atoms with Crippen molar-refractivity contribution in [1.29, 1.82) is 0 Å². The van der Waals surface area contributed by atoms with Crippen LogP contribution in [0.5, 0.6) is 0 Å². The zero-order valence-electron chi connectivity index (χ0n) is 6.24. The molecule has 0 radical (unpaired) electrons. The van der Waals surface area contributed by atoms with Gasteiger partial charge >= 0.3 is 0 Å². The molecule has 0 N–H and O–H groups in total. The maximum Gasteiger partial charge on any atom is 0.259 e. The summed E-state index contributed by atoms with van der Waals surface area (Å²) in [6, 6.07) is 1.48. The van der Waals surface area contributed by atoms with Crippen molar-refractivity contribution < 1.29 is 9.59 Å². The summed E-state index contributed by atoms with van der Waals surface area (Å²) in [6.07, 6.45) is 1.40. The van der Waals surface area contributed by atoms with E-state index in [-0.39, 0.29) is 21.1 Å². The van der Waals surface area contributed by atoms with Gasteiger partial charge in [-0.2, -0.15) is 0 Å². The molecule has 12 heavy (non-hydrogen) atoms. The highest BCUT2D eigenvalue weighted by Gasteiger charge is 2.07. The van der Waals surface area contributed by atoms with Crippen LogP contribution in [0.4, 0.5) is 0 Å². The summed E-state index contributed by atoms with van der Waals surface area (Å²) >= 11 is 1.57. The number of hydrogen-bond acceptors (Lipinski definition) is 4. The van der Waals surface area contributed by atoms with Crippen molar-refractivity contribution in [3.63, 3.8) is 0 Å². The number of ketones is 1. The Balaban J connectivity index is 3.12. The lowest BCUT2D eigenvalue weighted by Gasteiger charge is -1.94. The van der Waals surface area contributed by atoms with Crippen molar-refractivity contribution in [2.24, 2.45) is 0 Å². The molecular weight excluding hydrogens is 271 g/mol. The highest BCUT2D eigenvalue weighted by molar-refractivity contribution is 14.1. The van der Waals surface area contributed by atoms with Gasteiger partial charge in [0.05, 0.1) is 0 Å². The minimum absolute atomic E-state index is 0.0725. The Bertz CT molecular complexity index is 309. The van der Waals surface area contributed by atoms with Crippen LogP contribution in [0, 0.1) is 0 Å². The van der Waals surface area contributed by atoms with E-state index in [1.165, 1.54) is 19.2 Å². The normalized spacial score (nSPS) is 9.50. The Labute approximate surface area is 82.6 Å². The fourth-order valence-electron chi connectivity index (χ4n) is 0.649. The quantitative estimate of drug-likeness (QED) is 0.463. The molecular formula is C7H5IN2O2. The molecule has 5 heteroatoms. The van der Waals surface area contributed by atoms with Crippen LogP contribution < -0.4 is 0 Å².